The average Bonchev–Trinajstić information content (AvgIpc) is 2.68. The highest BCUT2D eigenvalue weighted by Crippen LogP contribution is 2.72. The second-order valence-electron chi connectivity index (χ2n) is 7.62. The molecule has 0 aromatic rings. The molecule has 3 aliphatic rings. The summed E-state index contributed by atoms with van der Waals surface area (Å²) in [5, 5.41) is 0. The molecule has 1 spiro atoms. The molecule has 3 rings (SSSR count). The van der Waals surface area contributed by atoms with E-state index >= 15 is 0 Å². The minimum absolute atomic E-state index is 0.639. The average molecular weight is 220 g/mol. The molecule has 92 valence electrons. The van der Waals surface area contributed by atoms with Crippen LogP contribution < -0.4 is 0 Å². The van der Waals surface area contributed by atoms with Gasteiger partial charge >= 0.3 is 0 Å². The van der Waals surface area contributed by atoms with Crippen molar-refractivity contribution in [2.45, 2.75) is 66.2 Å². The van der Waals surface area contributed by atoms with Crippen molar-refractivity contribution in [1.82, 2.24) is 0 Å². The van der Waals surface area contributed by atoms with Gasteiger partial charge in [-0.2, -0.15) is 0 Å². The lowest BCUT2D eigenvalue weighted by atomic mass is 9.65. The van der Waals surface area contributed by atoms with Gasteiger partial charge in [-0.25, -0.2) is 0 Å². The summed E-state index contributed by atoms with van der Waals surface area (Å²) in [5.74, 6) is 4.14. The van der Waals surface area contributed by atoms with Crippen LogP contribution in [0.3, 0.4) is 0 Å². The van der Waals surface area contributed by atoms with Gasteiger partial charge in [0.15, 0.2) is 0 Å². The Balaban J connectivity index is 2.01. The molecule has 0 aromatic carbocycles. The quantitative estimate of drug-likeness (QED) is 0.590. The largest absolute Gasteiger partial charge is 0.0651 e. The van der Waals surface area contributed by atoms with Crippen LogP contribution >= 0.6 is 0 Å². The third-order valence-electron chi connectivity index (χ3n) is 7.01. The molecule has 0 unspecified atom stereocenters. The van der Waals surface area contributed by atoms with Crippen molar-refractivity contribution in [3.8, 4) is 0 Å². The van der Waals surface area contributed by atoms with Gasteiger partial charge in [0.05, 0.1) is 0 Å². The third kappa shape index (κ3) is 1.12. The van der Waals surface area contributed by atoms with Crippen molar-refractivity contribution in [3.05, 3.63) is 0 Å². The summed E-state index contributed by atoms with van der Waals surface area (Å²) in [6, 6.07) is 0. The Morgan fingerprint density at radius 3 is 2.56 bits per heavy atom. The van der Waals surface area contributed by atoms with Crippen LogP contribution in [0.5, 0.6) is 0 Å². The van der Waals surface area contributed by atoms with E-state index in [0.717, 1.165) is 29.1 Å². The zero-order chi connectivity index (χ0) is 11.6. The smallest absolute Gasteiger partial charge is 0.0233 e. The van der Waals surface area contributed by atoms with Crippen LogP contribution in [-0.4, -0.2) is 0 Å². The molecule has 0 saturated heterocycles. The fourth-order valence-electron chi connectivity index (χ4n) is 6.30. The van der Waals surface area contributed by atoms with Crippen LogP contribution in [0.15, 0.2) is 0 Å². The van der Waals surface area contributed by atoms with E-state index in [0.29, 0.717) is 5.41 Å². The Morgan fingerprint density at radius 2 is 1.88 bits per heavy atom. The van der Waals surface area contributed by atoms with E-state index in [1.165, 1.54) is 25.7 Å². The first-order valence-corrected chi connectivity index (χ1v) is 7.52. The van der Waals surface area contributed by atoms with E-state index in [2.05, 4.69) is 27.7 Å². The normalized spacial score (nSPS) is 54.0. The minimum Gasteiger partial charge on any atom is -0.0651 e. The summed E-state index contributed by atoms with van der Waals surface area (Å²) >= 11 is 0. The molecule has 0 amide bonds. The van der Waals surface area contributed by atoms with Gasteiger partial charge in [0.2, 0.25) is 0 Å². The second kappa shape index (κ2) is 3.27. The summed E-state index contributed by atoms with van der Waals surface area (Å²) in [6.07, 6.45) is 9.15. The monoisotopic (exact) mass is 220 g/mol. The Hall–Kier alpha value is 0. The lowest BCUT2D eigenvalue weighted by Gasteiger charge is -2.40. The number of hydrogen-bond acceptors (Lipinski definition) is 0. The molecule has 5 atom stereocenters. The van der Waals surface area contributed by atoms with Gasteiger partial charge in [0.25, 0.3) is 0 Å². The molecule has 0 aromatic heterocycles. The summed E-state index contributed by atoms with van der Waals surface area (Å²) < 4.78 is 0. The highest BCUT2D eigenvalue weighted by atomic mass is 14.7. The van der Waals surface area contributed by atoms with Crippen LogP contribution in [0.2, 0.25) is 0 Å². The first-order chi connectivity index (χ1) is 7.52. The van der Waals surface area contributed by atoms with Crippen LogP contribution in [-0.2, 0) is 0 Å². The molecule has 3 fully saturated rings. The lowest BCUT2D eigenvalue weighted by Crippen LogP contribution is -2.32. The van der Waals surface area contributed by atoms with Gasteiger partial charge in [-0.3, -0.25) is 0 Å². The van der Waals surface area contributed by atoms with Crippen molar-refractivity contribution >= 4 is 0 Å². The Labute approximate surface area is 101 Å². The topological polar surface area (TPSA) is 0 Å². The van der Waals surface area contributed by atoms with E-state index in [4.69, 9.17) is 0 Å². The minimum atomic E-state index is 0.639. The molecule has 0 N–H and O–H groups in total. The van der Waals surface area contributed by atoms with Crippen molar-refractivity contribution in [3.63, 3.8) is 0 Å². The van der Waals surface area contributed by atoms with Crippen molar-refractivity contribution in [2.24, 2.45) is 34.5 Å². The molecular weight excluding hydrogens is 192 g/mol. The molecule has 2 bridgehead atoms. The maximum absolute atomic E-state index is 2.59. The summed E-state index contributed by atoms with van der Waals surface area (Å²) in [7, 11) is 0. The van der Waals surface area contributed by atoms with E-state index in [-0.39, 0.29) is 0 Å². The Bertz CT molecular complexity index is 290. The van der Waals surface area contributed by atoms with Crippen LogP contribution in [0, 0.1) is 34.5 Å². The van der Waals surface area contributed by atoms with E-state index < -0.39 is 0 Å². The standard InChI is InChI=1S/C16H28/c1-5-12-6-7-14-15(3,4)13-10-16(12,14)9-8-11(13)2/h11-14H,5-10H2,1-4H3/t11-,12-,13+,14+,16+/m1/s1. The molecule has 0 nitrogen and oxygen atoms in total. The maximum atomic E-state index is 2.59. The molecule has 3 saturated carbocycles. The van der Waals surface area contributed by atoms with Crippen molar-refractivity contribution in [2.75, 3.05) is 0 Å². The second-order valence-corrected chi connectivity index (χ2v) is 7.62. The number of hydrogen-bond donors (Lipinski definition) is 0. The first kappa shape index (κ1) is 11.1. The van der Waals surface area contributed by atoms with E-state index in [9.17, 15) is 0 Å². The van der Waals surface area contributed by atoms with Gasteiger partial charge in [-0.05, 0) is 66.6 Å². The van der Waals surface area contributed by atoms with Crippen LogP contribution in [0.25, 0.3) is 0 Å². The molecule has 3 aliphatic carbocycles. The molecule has 0 radical (unpaired) electrons. The molecule has 16 heavy (non-hydrogen) atoms. The fraction of sp³-hybridized carbons (Fsp3) is 1.00. The summed E-state index contributed by atoms with van der Waals surface area (Å²) in [4.78, 5) is 0. The van der Waals surface area contributed by atoms with Crippen molar-refractivity contribution in [1.29, 1.82) is 0 Å². The molecular formula is C16H28. The predicted octanol–water partition coefficient (Wildman–Crippen LogP) is 4.89. The van der Waals surface area contributed by atoms with Gasteiger partial charge in [0, 0.05) is 0 Å². The lowest BCUT2D eigenvalue weighted by molar-refractivity contribution is 0.0922. The SMILES string of the molecule is CC[C@@H]1CC[C@H]2C(C)(C)[C@H]3C[C@@]12CC[C@H]3C. The summed E-state index contributed by atoms with van der Waals surface area (Å²) in [5.41, 5.74) is 1.43. The maximum Gasteiger partial charge on any atom is -0.0233 e. The highest BCUT2D eigenvalue weighted by Gasteiger charge is 2.64. The predicted molar refractivity (Wildman–Crippen MR) is 69.2 cm³/mol. The third-order valence-corrected chi connectivity index (χ3v) is 7.01. The van der Waals surface area contributed by atoms with Gasteiger partial charge in [-0.1, -0.05) is 34.1 Å². The van der Waals surface area contributed by atoms with Crippen molar-refractivity contribution < 1.29 is 0 Å². The summed E-state index contributed by atoms with van der Waals surface area (Å²) in [6.45, 7) is 10.1. The van der Waals surface area contributed by atoms with Gasteiger partial charge in [-0.15, -0.1) is 0 Å². The number of fused-ring (bicyclic) bond motifs is 1. The molecule has 0 heterocycles. The van der Waals surface area contributed by atoms with Gasteiger partial charge < -0.3 is 0 Å². The molecule has 0 aliphatic heterocycles. The zero-order valence-corrected chi connectivity index (χ0v) is 11.6. The zero-order valence-electron chi connectivity index (χ0n) is 11.6. The van der Waals surface area contributed by atoms with Gasteiger partial charge in [0.1, 0.15) is 0 Å². The highest BCUT2D eigenvalue weighted by molar-refractivity contribution is 5.13. The molecule has 0 heteroatoms. The van der Waals surface area contributed by atoms with Crippen LogP contribution in [0.4, 0.5) is 0 Å². The Kier molecular flexibility index (Phi) is 2.27. The van der Waals surface area contributed by atoms with Crippen LogP contribution in [0.1, 0.15) is 66.2 Å². The fourth-order valence-corrected chi connectivity index (χ4v) is 6.30. The van der Waals surface area contributed by atoms with E-state index in [1.54, 1.807) is 12.8 Å². The first-order valence-electron chi connectivity index (χ1n) is 7.52. The van der Waals surface area contributed by atoms with E-state index in [1.807, 2.05) is 0 Å². The Morgan fingerprint density at radius 1 is 1.12 bits per heavy atom. The number of rotatable bonds is 1.